The van der Waals surface area contributed by atoms with Crippen LogP contribution in [0.1, 0.15) is 27.2 Å². The lowest BCUT2D eigenvalue weighted by atomic mass is 10.1. The van der Waals surface area contributed by atoms with Crippen LogP contribution in [-0.2, 0) is 14.3 Å². The second-order valence-corrected chi connectivity index (χ2v) is 4.49. The molecular formula is C12H22N2O5. The Hall–Kier alpha value is -1.79. The summed E-state index contributed by atoms with van der Waals surface area (Å²) in [7, 11) is 1.49. The largest absolute Gasteiger partial charge is 0.480 e. The zero-order valence-electron chi connectivity index (χ0n) is 11.8. The van der Waals surface area contributed by atoms with Crippen LogP contribution < -0.4 is 5.32 Å². The molecule has 0 bridgehead atoms. The van der Waals surface area contributed by atoms with E-state index < -0.39 is 18.0 Å². The lowest BCUT2D eigenvalue weighted by Crippen LogP contribution is -2.49. The van der Waals surface area contributed by atoms with Gasteiger partial charge >= 0.3 is 18.0 Å². The number of aliphatic carboxylic acids is 1. The maximum atomic E-state index is 11.7. The molecule has 0 aliphatic carbocycles. The van der Waals surface area contributed by atoms with Crippen molar-refractivity contribution in [3.63, 3.8) is 0 Å². The van der Waals surface area contributed by atoms with Crippen LogP contribution in [0, 0.1) is 5.92 Å². The van der Waals surface area contributed by atoms with Crippen LogP contribution in [0.3, 0.4) is 0 Å². The third-order valence-corrected chi connectivity index (χ3v) is 2.52. The van der Waals surface area contributed by atoms with Gasteiger partial charge in [-0.1, -0.05) is 13.8 Å². The Morgan fingerprint density at radius 1 is 1.32 bits per heavy atom. The van der Waals surface area contributed by atoms with E-state index in [9.17, 15) is 14.4 Å². The zero-order valence-corrected chi connectivity index (χ0v) is 11.8. The van der Waals surface area contributed by atoms with E-state index >= 15 is 0 Å². The second-order valence-electron chi connectivity index (χ2n) is 4.49. The van der Waals surface area contributed by atoms with Crippen LogP contribution in [0.2, 0.25) is 0 Å². The lowest BCUT2D eigenvalue weighted by Gasteiger charge is -2.23. The van der Waals surface area contributed by atoms with Gasteiger partial charge in [0.1, 0.15) is 6.04 Å². The van der Waals surface area contributed by atoms with E-state index in [4.69, 9.17) is 9.84 Å². The molecule has 0 unspecified atom stereocenters. The van der Waals surface area contributed by atoms with E-state index in [2.05, 4.69) is 5.32 Å². The number of esters is 1. The van der Waals surface area contributed by atoms with Gasteiger partial charge in [0, 0.05) is 13.6 Å². The Morgan fingerprint density at radius 3 is 2.32 bits per heavy atom. The van der Waals surface area contributed by atoms with Gasteiger partial charge in [-0.25, -0.2) is 9.59 Å². The minimum atomic E-state index is -1.08. The fourth-order valence-corrected chi connectivity index (χ4v) is 1.35. The maximum absolute atomic E-state index is 11.7. The molecule has 0 aromatic heterocycles. The van der Waals surface area contributed by atoms with Gasteiger partial charge in [0.25, 0.3) is 0 Å². The van der Waals surface area contributed by atoms with E-state index in [1.165, 1.54) is 11.9 Å². The summed E-state index contributed by atoms with van der Waals surface area (Å²) in [4.78, 5) is 35.1. The van der Waals surface area contributed by atoms with Crippen LogP contribution >= 0.6 is 0 Å². The number of amides is 2. The molecule has 0 aliphatic rings. The van der Waals surface area contributed by atoms with Gasteiger partial charge in [0.05, 0.1) is 13.0 Å². The van der Waals surface area contributed by atoms with Gasteiger partial charge in [-0.2, -0.15) is 0 Å². The quantitative estimate of drug-likeness (QED) is 0.666. The minimum absolute atomic E-state index is 0.0805. The van der Waals surface area contributed by atoms with Gasteiger partial charge in [-0.15, -0.1) is 0 Å². The van der Waals surface area contributed by atoms with E-state index in [-0.39, 0.29) is 24.9 Å². The Kier molecular flexibility index (Phi) is 7.55. The molecule has 0 saturated carbocycles. The molecule has 0 heterocycles. The number of hydrogen-bond donors (Lipinski definition) is 2. The molecule has 0 saturated heterocycles. The average molecular weight is 274 g/mol. The smallest absolute Gasteiger partial charge is 0.326 e. The summed E-state index contributed by atoms with van der Waals surface area (Å²) in [6.07, 6.45) is 0.0805. The van der Waals surface area contributed by atoms with Crippen molar-refractivity contribution < 1.29 is 24.2 Å². The van der Waals surface area contributed by atoms with Gasteiger partial charge < -0.3 is 20.1 Å². The SMILES string of the molecule is CCOC(=O)CCN(C)C(=O)N[C@@H](C(=O)O)C(C)C. The normalized spacial score (nSPS) is 11.8. The van der Waals surface area contributed by atoms with Crippen molar-refractivity contribution in [3.05, 3.63) is 0 Å². The predicted molar refractivity (Wildman–Crippen MR) is 68.7 cm³/mol. The molecule has 2 N–H and O–H groups in total. The van der Waals surface area contributed by atoms with E-state index in [0.29, 0.717) is 6.61 Å². The summed E-state index contributed by atoms with van der Waals surface area (Å²) in [6.45, 7) is 5.59. The first-order valence-electron chi connectivity index (χ1n) is 6.19. The third-order valence-electron chi connectivity index (χ3n) is 2.52. The molecule has 0 radical (unpaired) electrons. The highest BCUT2D eigenvalue weighted by atomic mass is 16.5. The Balaban J connectivity index is 4.26. The molecule has 7 heteroatoms. The van der Waals surface area contributed by atoms with E-state index in [0.717, 1.165) is 0 Å². The molecule has 0 fully saturated rings. The van der Waals surface area contributed by atoms with Crippen molar-refractivity contribution in [3.8, 4) is 0 Å². The topological polar surface area (TPSA) is 95.9 Å². The Labute approximate surface area is 112 Å². The van der Waals surface area contributed by atoms with Gasteiger partial charge in [0.15, 0.2) is 0 Å². The minimum Gasteiger partial charge on any atom is -0.480 e. The summed E-state index contributed by atoms with van der Waals surface area (Å²) in [5.74, 6) is -1.69. The highest BCUT2D eigenvalue weighted by molar-refractivity contribution is 5.82. The summed E-state index contributed by atoms with van der Waals surface area (Å²) in [5, 5.41) is 11.4. The third kappa shape index (κ3) is 6.64. The predicted octanol–water partition coefficient (Wildman–Crippen LogP) is 0.690. The molecule has 0 aromatic rings. The van der Waals surface area contributed by atoms with E-state index in [1.54, 1.807) is 20.8 Å². The number of carboxylic acid groups (broad SMARTS) is 1. The van der Waals surface area contributed by atoms with Crippen molar-refractivity contribution in [2.45, 2.75) is 33.2 Å². The van der Waals surface area contributed by atoms with Crippen LogP contribution in [0.15, 0.2) is 0 Å². The summed E-state index contributed by atoms with van der Waals surface area (Å²) in [6, 6.07) is -1.47. The van der Waals surface area contributed by atoms with Crippen LogP contribution in [0.25, 0.3) is 0 Å². The number of carbonyl (C=O) groups excluding carboxylic acids is 2. The first-order valence-corrected chi connectivity index (χ1v) is 6.19. The molecule has 7 nitrogen and oxygen atoms in total. The maximum Gasteiger partial charge on any atom is 0.326 e. The van der Waals surface area contributed by atoms with Crippen LogP contribution in [-0.4, -0.2) is 54.2 Å². The van der Waals surface area contributed by atoms with Gasteiger partial charge in [-0.3, -0.25) is 4.79 Å². The van der Waals surface area contributed by atoms with Crippen molar-refractivity contribution in [1.82, 2.24) is 10.2 Å². The monoisotopic (exact) mass is 274 g/mol. The molecule has 110 valence electrons. The van der Waals surface area contributed by atoms with Crippen LogP contribution in [0.5, 0.6) is 0 Å². The van der Waals surface area contributed by atoms with Crippen molar-refractivity contribution in [2.75, 3.05) is 20.2 Å². The van der Waals surface area contributed by atoms with Crippen LogP contribution in [0.4, 0.5) is 4.79 Å². The number of urea groups is 1. The molecule has 1 atom stereocenters. The average Bonchev–Trinajstić information content (AvgIpc) is 2.32. The van der Waals surface area contributed by atoms with E-state index in [1.807, 2.05) is 0 Å². The number of nitrogens with zero attached hydrogens (tertiary/aromatic N) is 1. The van der Waals surface area contributed by atoms with Crippen molar-refractivity contribution in [1.29, 1.82) is 0 Å². The number of hydrogen-bond acceptors (Lipinski definition) is 4. The number of carbonyl (C=O) groups is 3. The highest BCUT2D eigenvalue weighted by Crippen LogP contribution is 2.03. The first kappa shape index (κ1) is 17.2. The number of rotatable bonds is 7. The fraction of sp³-hybridized carbons (Fsp3) is 0.750. The second kappa shape index (κ2) is 8.34. The lowest BCUT2D eigenvalue weighted by molar-refractivity contribution is -0.143. The fourth-order valence-electron chi connectivity index (χ4n) is 1.35. The summed E-state index contributed by atoms with van der Waals surface area (Å²) in [5.41, 5.74) is 0. The summed E-state index contributed by atoms with van der Waals surface area (Å²) < 4.78 is 4.74. The molecule has 0 spiro atoms. The van der Waals surface area contributed by atoms with Gasteiger partial charge in [0.2, 0.25) is 0 Å². The number of nitrogens with one attached hydrogen (secondary N) is 1. The number of carboxylic acids is 1. The molecule has 0 aliphatic heterocycles. The first-order chi connectivity index (χ1) is 8.79. The molecular weight excluding hydrogens is 252 g/mol. The molecule has 19 heavy (non-hydrogen) atoms. The van der Waals surface area contributed by atoms with Crippen molar-refractivity contribution >= 4 is 18.0 Å². The van der Waals surface area contributed by atoms with Crippen molar-refractivity contribution in [2.24, 2.45) is 5.92 Å². The molecule has 2 amide bonds. The Bertz CT molecular complexity index is 330. The standard InChI is InChI=1S/C12H22N2O5/c1-5-19-9(15)6-7-14(4)12(18)13-10(8(2)3)11(16)17/h8,10H,5-7H2,1-4H3,(H,13,18)(H,16,17)/t10-/m1/s1. The number of ether oxygens (including phenoxy) is 1. The van der Waals surface area contributed by atoms with Gasteiger partial charge in [-0.05, 0) is 12.8 Å². The molecule has 0 rings (SSSR count). The summed E-state index contributed by atoms with van der Waals surface area (Å²) >= 11 is 0. The Morgan fingerprint density at radius 2 is 1.89 bits per heavy atom. The highest BCUT2D eigenvalue weighted by Gasteiger charge is 2.24. The molecule has 0 aromatic carbocycles. The zero-order chi connectivity index (χ0) is 15.0.